The number of piperidine rings is 1. The fraction of sp³-hybridized carbons (Fsp3) is 1.00. The smallest absolute Gasteiger partial charge is 0.0220 e. The average Bonchev–Trinajstić information content (AvgIpc) is 2.07. The maximum Gasteiger partial charge on any atom is 0.0220 e. The van der Waals surface area contributed by atoms with Crippen molar-refractivity contribution in [3.8, 4) is 0 Å². The van der Waals surface area contributed by atoms with Gasteiger partial charge >= 0.3 is 0 Å². The van der Waals surface area contributed by atoms with Gasteiger partial charge in [0.25, 0.3) is 0 Å². The molecule has 2 atom stereocenters. The second kappa shape index (κ2) is 4.63. The molecule has 0 bridgehead atoms. The van der Waals surface area contributed by atoms with Crippen molar-refractivity contribution in [3.63, 3.8) is 0 Å². The topological polar surface area (TPSA) is 15.3 Å². The summed E-state index contributed by atoms with van der Waals surface area (Å²) in [6, 6.07) is 0.688. The Kier molecular flexibility index (Phi) is 3.96. The minimum Gasteiger partial charge on any atom is -0.312 e. The molecule has 0 saturated carbocycles. The lowest BCUT2D eigenvalue weighted by Crippen LogP contribution is -2.51. The molecule has 0 amide bonds. The van der Waals surface area contributed by atoms with Gasteiger partial charge in [0, 0.05) is 18.1 Å². The van der Waals surface area contributed by atoms with E-state index in [2.05, 4.69) is 45.0 Å². The Hall–Kier alpha value is -0.0800. The van der Waals surface area contributed by atoms with Crippen molar-refractivity contribution in [1.29, 1.82) is 0 Å². The van der Waals surface area contributed by atoms with Crippen LogP contribution in [0, 0.1) is 5.92 Å². The summed E-state index contributed by atoms with van der Waals surface area (Å²) in [6.07, 6.45) is 2.73. The highest BCUT2D eigenvalue weighted by Crippen LogP contribution is 2.19. The SMILES string of the molecule is C[C@H]1CCCN[C@H]1CN(C)C(C)(C)C. The number of nitrogens with one attached hydrogen (secondary N) is 1. The molecule has 0 aromatic carbocycles. The summed E-state index contributed by atoms with van der Waals surface area (Å²) in [5, 5.41) is 3.63. The van der Waals surface area contributed by atoms with Crippen LogP contribution in [0.3, 0.4) is 0 Å². The lowest BCUT2D eigenvalue weighted by Gasteiger charge is -2.38. The third-order valence-corrected chi connectivity index (χ3v) is 3.55. The Labute approximate surface area is 89.1 Å². The molecule has 0 spiro atoms. The second-order valence-corrected chi connectivity index (χ2v) is 5.73. The molecule has 0 unspecified atom stereocenters. The van der Waals surface area contributed by atoms with Crippen LogP contribution in [0.4, 0.5) is 0 Å². The molecule has 84 valence electrons. The number of hydrogen-bond donors (Lipinski definition) is 1. The molecule has 14 heavy (non-hydrogen) atoms. The van der Waals surface area contributed by atoms with Crippen molar-refractivity contribution in [3.05, 3.63) is 0 Å². The van der Waals surface area contributed by atoms with Crippen LogP contribution in [-0.4, -0.2) is 36.6 Å². The average molecular weight is 198 g/mol. The molecular weight excluding hydrogens is 172 g/mol. The largest absolute Gasteiger partial charge is 0.312 e. The molecule has 0 aromatic heterocycles. The Balaban J connectivity index is 2.42. The number of hydrogen-bond acceptors (Lipinski definition) is 2. The van der Waals surface area contributed by atoms with E-state index < -0.39 is 0 Å². The van der Waals surface area contributed by atoms with Crippen molar-refractivity contribution in [1.82, 2.24) is 10.2 Å². The summed E-state index contributed by atoms with van der Waals surface area (Å²) < 4.78 is 0. The van der Waals surface area contributed by atoms with Crippen LogP contribution >= 0.6 is 0 Å². The van der Waals surface area contributed by atoms with E-state index in [1.54, 1.807) is 0 Å². The summed E-state index contributed by atoms with van der Waals surface area (Å²) in [7, 11) is 2.23. The monoisotopic (exact) mass is 198 g/mol. The van der Waals surface area contributed by atoms with E-state index in [9.17, 15) is 0 Å². The van der Waals surface area contributed by atoms with Crippen molar-refractivity contribution in [2.24, 2.45) is 5.92 Å². The van der Waals surface area contributed by atoms with Crippen LogP contribution in [0.25, 0.3) is 0 Å². The predicted octanol–water partition coefficient (Wildman–Crippen LogP) is 2.10. The number of rotatable bonds is 2. The van der Waals surface area contributed by atoms with Gasteiger partial charge in [-0.25, -0.2) is 0 Å². The summed E-state index contributed by atoms with van der Waals surface area (Å²) in [5.74, 6) is 0.827. The Bertz CT molecular complexity index is 172. The fourth-order valence-corrected chi connectivity index (χ4v) is 1.93. The molecule has 1 fully saturated rings. The van der Waals surface area contributed by atoms with E-state index >= 15 is 0 Å². The lowest BCUT2D eigenvalue weighted by atomic mass is 9.91. The highest BCUT2D eigenvalue weighted by molar-refractivity contribution is 4.84. The van der Waals surface area contributed by atoms with Gasteiger partial charge in [0.1, 0.15) is 0 Å². The minimum absolute atomic E-state index is 0.291. The summed E-state index contributed by atoms with van der Waals surface area (Å²) in [6.45, 7) is 11.6. The van der Waals surface area contributed by atoms with Crippen LogP contribution < -0.4 is 5.32 Å². The third kappa shape index (κ3) is 3.25. The highest BCUT2D eigenvalue weighted by Gasteiger charge is 2.25. The van der Waals surface area contributed by atoms with Crippen molar-refractivity contribution < 1.29 is 0 Å². The first kappa shape index (κ1) is 12.0. The maximum absolute atomic E-state index is 3.63. The van der Waals surface area contributed by atoms with E-state index in [1.165, 1.54) is 25.9 Å². The number of likely N-dealkylation sites (N-methyl/N-ethyl adjacent to an activating group) is 1. The second-order valence-electron chi connectivity index (χ2n) is 5.73. The predicted molar refractivity (Wildman–Crippen MR) is 62.6 cm³/mol. The molecule has 1 aliphatic heterocycles. The zero-order valence-corrected chi connectivity index (χ0v) is 10.4. The van der Waals surface area contributed by atoms with E-state index in [1.807, 2.05) is 0 Å². The van der Waals surface area contributed by atoms with Gasteiger partial charge < -0.3 is 5.32 Å². The van der Waals surface area contributed by atoms with Crippen LogP contribution in [-0.2, 0) is 0 Å². The molecule has 1 N–H and O–H groups in total. The van der Waals surface area contributed by atoms with Crippen LogP contribution in [0.15, 0.2) is 0 Å². The summed E-state index contributed by atoms with van der Waals surface area (Å²) >= 11 is 0. The standard InChI is InChI=1S/C12H26N2/c1-10-7-6-8-13-11(10)9-14(5)12(2,3)4/h10-11,13H,6-9H2,1-5H3/t10-,11-/m0/s1. The van der Waals surface area contributed by atoms with Gasteiger partial charge in [-0.3, -0.25) is 4.90 Å². The van der Waals surface area contributed by atoms with E-state index in [0.29, 0.717) is 11.6 Å². The molecule has 0 aromatic rings. The van der Waals surface area contributed by atoms with E-state index in [0.717, 1.165) is 5.92 Å². The first-order chi connectivity index (χ1) is 6.41. The minimum atomic E-state index is 0.291. The van der Waals surface area contributed by atoms with Gasteiger partial charge in [-0.2, -0.15) is 0 Å². The van der Waals surface area contributed by atoms with Gasteiger partial charge in [0.15, 0.2) is 0 Å². The van der Waals surface area contributed by atoms with Crippen LogP contribution in [0.5, 0.6) is 0 Å². The van der Waals surface area contributed by atoms with Crippen LogP contribution in [0.1, 0.15) is 40.5 Å². The summed E-state index contributed by atoms with van der Waals surface area (Å²) in [5.41, 5.74) is 0.291. The molecule has 1 aliphatic rings. The quantitative estimate of drug-likeness (QED) is 0.731. The normalized spacial score (nSPS) is 29.6. The molecule has 1 rings (SSSR count). The van der Waals surface area contributed by atoms with Gasteiger partial charge in [0.05, 0.1) is 0 Å². The Morgan fingerprint density at radius 1 is 1.36 bits per heavy atom. The van der Waals surface area contributed by atoms with Gasteiger partial charge in [0.2, 0.25) is 0 Å². The Morgan fingerprint density at radius 3 is 2.50 bits per heavy atom. The van der Waals surface area contributed by atoms with Gasteiger partial charge in [-0.05, 0) is 53.1 Å². The first-order valence-corrected chi connectivity index (χ1v) is 5.86. The molecule has 0 aliphatic carbocycles. The number of nitrogens with zero attached hydrogens (tertiary/aromatic N) is 1. The zero-order chi connectivity index (χ0) is 10.8. The highest BCUT2D eigenvalue weighted by atomic mass is 15.2. The first-order valence-electron chi connectivity index (χ1n) is 5.86. The fourth-order valence-electron chi connectivity index (χ4n) is 1.93. The molecular formula is C12H26N2. The molecule has 1 heterocycles. The zero-order valence-electron chi connectivity index (χ0n) is 10.4. The molecule has 1 saturated heterocycles. The van der Waals surface area contributed by atoms with E-state index in [-0.39, 0.29) is 0 Å². The lowest BCUT2D eigenvalue weighted by molar-refractivity contribution is 0.132. The Morgan fingerprint density at radius 2 is 2.00 bits per heavy atom. The van der Waals surface area contributed by atoms with Gasteiger partial charge in [-0.15, -0.1) is 0 Å². The van der Waals surface area contributed by atoms with Crippen LogP contribution in [0.2, 0.25) is 0 Å². The molecule has 0 radical (unpaired) electrons. The third-order valence-electron chi connectivity index (χ3n) is 3.55. The molecule has 2 nitrogen and oxygen atoms in total. The van der Waals surface area contributed by atoms with Crippen molar-refractivity contribution in [2.45, 2.75) is 52.1 Å². The molecule has 2 heteroatoms. The van der Waals surface area contributed by atoms with Crippen molar-refractivity contribution in [2.75, 3.05) is 20.1 Å². The van der Waals surface area contributed by atoms with Gasteiger partial charge in [-0.1, -0.05) is 6.92 Å². The van der Waals surface area contributed by atoms with E-state index in [4.69, 9.17) is 0 Å². The maximum atomic E-state index is 3.63. The van der Waals surface area contributed by atoms with Crippen molar-refractivity contribution >= 4 is 0 Å². The summed E-state index contributed by atoms with van der Waals surface area (Å²) in [4.78, 5) is 2.45.